The van der Waals surface area contributed by atoms with Gasteiger partial charge in [-0.05, 0) is 18.2 Å². The van der Waals surface area contributed by atoms with E-state index in [0.717, 1.165) is 0 Å². The summed E-state index contributed by atoms with van der Waals surface area (Å²) in [6.45, 7) is -0.0775. The molecular weight excluding hydrogens is 236 g/mol. The number of nitrogens with two attached hydrogens (primary N) is 1. The number of hydrogen-bond donors (Lipinski definition) is 1. The van der Waals surface area contributed by atoms with Crippen LogP contribution in [0.2, 0.25) is 0 Å². The van der Waals surface area contributed by atoms with Crippen LogP contribution in [0.5, 0.6) is 0 Å². The minimum absolute atomic E-state index is 0.0775. The van der Waals surface area contributed by atoms with Crippen LogP contribution in [0.4, 0.5) is 11.4 Å². The zero-order chi connectivity index (χ0) is 13.7. The predicted octanol–water partition coefficient (Wildman–Crippen LogP) is 0.665. The quantitative estimate of drug-likeness (QED) is 0.629. The highest BCUT2D eigenvalue weighted by molar-refractivity contribution is 6.03. The smallest absolute Gasteiger partial charge is 0.339 e. The van der Waals surface area contributed by atoms with Crippen molar-refractivity contribution in [2.75, 3.05) is 38.5 Å². The maximum atomic E-state index is 11.7. The van der Waals surface area contributed by atoms with Gasteiger partial charge in [-0.15, -0.1) is 0 Å². The van der Waals surface area contributed by atoms with Crippen molar-refractivity contribution in [1.82, 2.24) is 0 Å². The number of hydrogen-bond acceptors (Lipinski definition) is 5. The molecule has 1 aromatic carbocycles. The van der Waals surface area contributed by atoms with Gasteiger partial charge in [0.2, 0.25) is 0 Å². The zero-order valence-electron chi connectivity index (χ0n) is 10.6. The third-order valence-corrected chi connectivity index (χ3v) is 2.43. The van der Waals surface area contributed by atoms with Crippen molar-refractivity contribution in [1.29, 1.82) is 0 Å². The van der Waals surface area contributed by atoms with Crippen molar-refractivity contribution in [3.05, 3.63) is 23.8 Å². The Morgan fingerprint density at radius 2 is 2.00 bits per heavy atom. The van der Waals surface area contributed by atoms with Gasteiger partial charge in [-0.25, -0.2) is 4.79 Å². The molecule has 0 atom stereocenters. The third-order valence-electron chi connectivity index (χ3n) is 2.43. The third kappa shape index (κ3) is 2.98. The number of rotatable bonds is 4. The molecule has 6 nitrogen and oxygen atoms in total. The van der Waals surface area contributed by atoms with Gasteiger partial charge >= 0.3 is 5.97 Å². The van der Waals surface area contributed by atoms with E-state index in [1.54, 1.807) is 19.2 Å². The highest BCUT2D eigenvalue weighted by Crippen LogP contribution is 2.23. The summed E-state index contributed by atoms with van der Waals surface area (Å²) in [5.41, 5.74) is 6.78. The summed E-state index contributed by atoms with van der Waals surface area (Å²) in [5, 5.41) is 0. The second-order valence-electron chi connectivity index (χ2n) is 3.65. The van der Waals surface area contributed by atoms with Crippen LogP contribution in [-0.2, 0) is 14.3 Å². The number of carbonyl (C=O) groups excluding carboxylic acids is 2. The molecular formula is C12H16N2O4. The van der Waals surface area contributed by atoms with E-state index >= 15 is 0 Å². The molecule has 0 unspecified atom stereocenters. The monoisotopic (exact) mass is 252 g/mol. The van der Waals surface area contributed by atoms with Gasteiger partial charge in [0.25, 0.3) is 5.91 Å². The first-order valence-corrected chi connectivity index (χ1v) is 5.24. The van der Waals surface area contributed by atoms with E-state index in [0.29, 0.717) is 11.4 Å². The Balaban J connectivity index is 3.16. The van der Waals surface area contributed by atoms with E-state index in [9.17, 15) is 9.59 Å². The largest absolute Gasteiger partial charge is 0.465 e. The minimum atomic E-state index is -0.526. The van der Waals surface area contributed by atoms with E-state index < -0.39 is 5.97 Å². The summed E-state index contributed by atoms with van der Waals surface area (Å²) < 4.78 is 9.42. The second kappa shape index (κ2) is 6.02. The molecule has 0 radical (unpaired) electrons. The number of nitrogen functional groups attached to an aromatic ring is 1. The van der Waals surface area contributed by atoms with Crippen LogP contribution in [0.3, 0.4) is 0 Å². The van der Waals surface area contributed by atoms with Gasteiger partial charge < -0.3 is 20.1 Å². The van der Waals surface area contributed by atoms with Crippen LogP contribution >= 0.6 is 0 Å². The molecule has 0 spiro atoms. The summed E-state index contributed by atoms with van der Waals surface area (Å²) in [4.78, 5) is 24.6. The maximum Gasteiger partial charge on any atom is 0.339 e. The molecule has 1 rings (SSSR count). The molecule has 0 saturated carbocycles. The fraction of sp³-hybridized carbons (Fsp3) is 0.333. The van der Waals surface area contributed by atoms with Crippen LogP contribution in [0.1, 0.15) is 10.4 Å². The van der Waals surface area contributed by atoms with Crippen molar-refractivity contribution in [2.45, 2.75) is 0 Å². The first-order valence-electron chi connectivity index (χ1n) is 5.24. The number of nitrogens with zero attached hydrogens (tertiary/aromatic N) is 1. The number of amides is 1. The Kier molecular flexibility index (Phi) is 4.67. The van der Waals surface area contributed by atoms with Crippen molar-refractivity contribution < 1.29 is 19.1 Å². The standard InChI is InChI=1S/C12H16N2O4/c1-14(11(15)7-17-2)10-6-8(13)4-5-9(10)12(16)18-3/h4-6H,7,13H2,1-3H3. The van der Waals surface area contributed by atoms with Gasteiger partial charge in [-0.2, -0.15) is 0 Å². The van der Waals surface area contributed by atoms with Crippen molar-refractivity contribution in [3.8, 4) is 0 Å². The van der Waals surface area contributed by atoms with Crippen LogP contribution < -0.4 is 10.6 Å². The number of likely N-dealkylation sites (N-methyl/N-ethyl adjacent to an activating group) is 1. The fourth-order valence-corrected chi connectivity index (χ4v) is 1.46. The highest BCUT2D eigenvalue weighted by atomic mass is 16.5. The molecule has 0 heterocycles. The lowest BCUT2D eigenvalue weighted by molar-refractivity contribution is -0.121. The average Bonchev–Trinajstić information content (AvgIpc) is 2.37. The first kappa shape index (κ1) is 14.0. The van der Waals surface area contributed by atoms with Gasteiger partial charge in [0, 0.05) is 19.8 Å². The fourth-order valence-electron chi connectivity index (χ4n) is 1.46. The van der Waals surface area contributed by atoms with Gasteiger partial charge in [-0.1, -0.05) is 0 Å². The molecule has 2 N–H and O–H groups in total. The molecule has 0 aliphatic rings. The molecule has 18 heavy (non-hydrogen) atoms. The Bertz CT molecular complexity index is 459. The van der Waals surface area contributed by atoms with Gasteiger partial charge in [0.15, 0.2) is 0 Å². The van der Waals surface area contributed by atoms with Crippen molar-refractivity contribution in [3.63, 3.8) is 0 Å². The molecule has 1 aromatic rings. The summed E-state index contributed by atoms with van der Waals surface area (Å²) in [5.74, 6) is -0.810. The van der Waals surface area contributed by atoms with Crippen LogP contribution in [0.25, 0.3) is 0 Å². The van der Waals surface area contributed by atoms with Crippen LogP contribution in [-0.4, -0.2) is 39.8 Å². The lowest BCUT2D eigenvalue weighted by atomic mass is 10.1. The number of methoxy groups -OCH3 is 2. The van der Waals surface area contributed by atoms with E-state index in [-0.39, 0.29) is 18.1 Å². The Morgan fingerprint density at radius 1 is 1.33 bits per heavy atom. The Hall–Kier alpha value is -2.08. The molecule has 98 valence electrons. The van der Waals surface area contributed by atoms with E-state index in [4.69, 9.17) is 10.5 Å². The number of esters is 1. The van der Waals surface area contributed by atoms with Crippen molar-refractivity contribution in [2.24, 2.45) is 0 Å². The number of carbonyl (C=O) groups is 2. The molecule has 1 amide bonds. The maximum absolute atomic E-state index is 11.7. The van der Waals surface area contributed by atoms with Crippen LogP contribution in [0, 0.1) is 0 Å². The zero-order valence-corrected chi connectivity index (χ0v) is 10.6. The number of benzene rings is 1. The van der Waals surface area contributed by atoms with Crippen molar-refractivity contribution >= 4 is 23.3 Å². The summed E-state index contributed by atoms with van der Waals surface area (Å²) in [6, 6.07) is 4.64. The molecule has 0 aliphatic carbocycles. The minimum Gasteiger partial charge on any atom is -0.465 e. The Labute approximate surface area is 105 Å². The van der Waals surface area contributed by atoms with E-state index in [2.05, 4.69) is 4.74 Å². The van der Waals surface area contributed by atoms with Gasteiger partial charge in [0.1, 0.15) is 6.61 Å². The SMILES string of the molecule is COCC(=O)N(C)c1cc(N)ccc1C(=O)OC. The molecule has 0 fully saturated rings. The number of ether oxygens (including phenoxy) is 2. The lowest BCUT2D eigenvalue weighted by Gasteiger charge is -2.20. The van der Waals surface area contributed by atoms with Gasteiger partial charge in [0.05, 0.1) is 18.4 Å². The van der Waals surface area contributed by atoms with Gasteiger partial charge in [-0.3, -0.25) is 4.79 Å². The predicted molar refractivity (Wildman–Crippen MR) is 67.5 cm³/mol. The summed E-state index contributed by atoms with van der Waals surface area (Å²) >= 11 is 0. The summed E-state index contributed by atoms with van der Waals surface area (Å²) in [7, 11) is 4.24. The Morgan fingerprint density at radius 3 is 2.56 bits per heavy atom. The molecule has 0 saturated heterocycles. The molecule has 6 heteroatoms. The number of anilines is 2. The summed E-state index contributed by atoms with van der Waals surface area (Å²) in [6.07, 6.45) is 0. The topological polar surface area (TPSA) is 81.9 Å². The first-order chi connectivity index (χ1) is 8.51. The average molecular weight is 252 g/mol. The molecule has 0 bridgehead atoms. The highest BCUT2D eigenvalue weighted by Gasteiger charge is 2.19. The normalized spacial score (nSPS) is 9.94. The van der Waals surface area contributed by atoms with E-state index in [1.807, 2.05) is 0 Å². The van der Waals surface area contributed by atoms with E-state index in [1.165, 1.54) is 25.2 Å². The molecule has 0 aromatic heterocycles. The van der Waals surface area contributed by atoms with Crippen LogP contribution in [0.15, 0.2) is 18.2 Å². The molecule has 0 aliphatic heterocycles. The lowest BCUT2D eigenvalue weighted by Crippen LogP contribution is -2.31. The second-order valence-corrected chi connectivity index (χ2v) is 3.65.